The van der Waals surface area contributed by atoms with Crippen LogP contribution in [0.25, 0.3) is 0 Å². The van der Waals surface area contributed by atoms with E-state index in [0.29, 0.717) is 29.3 Å². The molecule has 0 aliphatic carbocycles. The van der Waals surface area contributed by atoms with E-state index in [1.54, 1.807) is 24.3 Å². The zero-order valence-electron chi connectivity index (χ0n) is 15.9. The van der Waals surface area contributed by atoms with Gasteiger partial charge in [-0.1, -0.05) is 0 Å². The molecule has 27 heavy (non-hydrogen) atoms. The first kappa shape index (κ1) is 20.2. The fraction of sp³-hybridized carbons (Fsp3) is 0.316. The Morgan fingerprint density at radius 3 is 2.52 bits per heavy atom. The molecule has 0 saturated heterocycles. The van der Waals surface area contributed by atoms with Gasteiger partial charge in [0.15, 0.2) is 0 Å². The van der Waals surface area contributed by atoms with Crippen LogP contribution >= 0.6 is 0 Å². The van der Waals surface area contributed by atoms with Crippen LogP contribution in [0.5, 0.6) is 11.5 Å². The first-order chi connectivity index (χ1) is 12.9. The third kappa shape index (κ3) is 5.68. The number of hydrogen-bond donors (Lipinski definition) is 2. The van der Waals surface area contributed by atoms with Crippen LogP contribution in [0.2, 0.25) is 0 Å². The van der Waals surface area contributed by atoms with Crippen LogP contribution in [0.1, 0.15) is 20.8 Å². The van der Waals surface area contributed by atoms with Crippen molar-refractivity contribution in [2.45, 2.75) is 0 Å². The summed E-state index contributed by atoms with van der Waals surface area (Å²) in [5, 5.41) is 5.53. The molecule has 0 spiro atoms. The summed E-state index contributed by atoms with van der Waals surface area (Å²) >= 11 is 0. The third-order valence-corrected chi connectivity index (χ3v) is 3.75. The van der Waals surface area contributed by atoms with E-state index in [-0.39, 0.29) is 11.6 Å². The molecule has 1 aromatic carbocycles. The number of hydrogen-bond acceptors (Lipinski definition) is 6. The van der Waals surface area contributed by atoms with Gasteiger partial charge in [-0.05, 0) is 38.4 Å². The maximum Gasteiger partial charge on any atom is 0.274 e. The zero-order chi connectivity index (χ0) is 19.8. The van der Waals surface area contributed by atoms with Crippen molar-refractivity contribution in [3.63, 3.8) is 0 Å². The minimum atomic E-state index is -0.454. The van der Waals surface area contributed by atoms with Gasteiger partial charge in [-0.3, -0.25) is 14.6 Å². The Morgan fingerprint density at radius 1 is 1.07 bits per heavy atom. The lowest BCUT2D eigenvalue weighted by molar-refractivity contribution is 0.0951. The second kappa shape index (κ2) is 9.54. The molecule has 0 saturated carbocycles. The number of pyridine rings is 1. The minimum Gasteiger partial charge on any atom is -0.497 e. The fourth-order valence-electron chi connectivity index (χ4n) is 2.29. The molecule has 0 aliphatic heterocycles. The third-order valence-electron chi connectivity index (χ3n) is 3.75. The standard InChI is InChI=1S/C19H24N4O4/c1-23(2)10-9-21-18(24)13-7-8-20-16(11-13)19(25)22-15-12-14(26-3)5-6-17(15)27-4/h5-8,11-12H,9-10H2,1-4H3,(H,21,24)(H,22,25). The highest BCUT2D eigenvalue weighted by Gasteiger charge is 2.14. The van der Waals surface area contributed by atoms with Crippen LogP contribution in [-0.2, 0) is 0 Å². The molecule has 0 fully saturated rings. The van der Waals surface area contributed by atoms with Gasteiger partial charge in [0, 0.05) is 30.9 Å². The topological polar surface area (TPSA) is 92.8 Å². The SMILES string of the molecule is COc1ccc(OC)c(NC(=O)c2cc(C(=O)NCCN(C)C)ccn2)c1. The number of anilines is 1. The summed E-state index contributed by atoms with van der Waals surface area (Å²) in [7, 11) is 6.89. The van der Waals surface area contributed by atoms with E-state index in [0.717, 1.165) is 6.54 Å². The van der Waals surface area contributed by atoms with E-state index in [9.17, 15) is 9.59 Å². The van der Waals surface area contributed by atoms with E-state index in [4.69, 9.17) is 9.47 Å². The van der Waals surface area contributed by atoms with Gasteiger partial charge in [-0.15, -0.1) is 0 Å². The molecule has 8 heteroatoms. The average molecular weight is 372 g/mol. The van der Waals surface area contributed by atoms with Crippen molar-refractivity contribution in [3.05, 3.63) is 47.8 Å². The molecule has 1 aromatic heterocycles. The van der Waals surface area contributed by atoms with Crippen molar-refractivity contribution in [2.24, 2.45) is 0 Å². The maximum atomic E-state index is 12.6. The predicted molar refractivity (Wildman–Crippen MR) is 103 cm³/mol. The summed E-state index contributed by atoms with van der Waals surface area (Å²) in [5.41, 5.74) is 0.941. The number of nitrogens with zero attached hydrogens (tertiary/aromatic N) is 2. The molecule has 8 nitrogen and oxygen atoms in total. The van der Waals surface area contributed by atoms with E-state index in [2.05, 4.69) is 15.6 Å². The Kier molecular flexibility index (Phi) is 7.13. The van der Waals surface area contributed by atoms with Crippen molar-refractivity contribution < 1.29 is 19.1 Å². The molecule has 2 amide bonds. The highest BCUT2D eigenvalue weighted by molar-refractivity contribution is 6.05. The van der Waals surface area contributed by atoms with Crippen molar-refractivity contribution in [1.29, 1.82) is 0 Å². The summed E-state index contributed by atoms with van der Waals surface area (Å²) in [5.74, 6) is 0.353. The van der Waals surface area contributed by atoms with E-state index < -0.39 is 5.91 Å². The first-order valence-corrected chi connectivity index (χ1v) is 8.37. The number of amides is 2. The van der Waals surface area contributed by atoms with Crippen LogP contribution in [-0.4, -0.2) is 63.1 Å². The van der Waals surface area contributed by atoms with E-state index in [1.165, 1.54) is 26.5 Å². The Labute approximate surface area is 158 Å². The lowest BCUT2D eigenvalue weighted by atomic mass is 10.2. The number of likely N-dealkylation sites (N-methyl/N-ethyl adjacent to an activating group) is 1. The smallest absolute Gasteiger partial charge is 0.274 e. The van der Waals surface area contributed by atoms with Crippen LogP contribution in [0.3, 0.4) is 0 Å². The van der Waals surface area contributed by atoms with Crippen LogP contribution in [0.15, 0.2) is 36.5 Å². The molecule has 2 aromatic rings. The molecular weight excluding hydrogens is 348 g/mol. The van der Waals surface area contributed by atoms with E-state index in [1.807, 2.05) is 19.0 Å². The summed E-state index contributed by atoms with van der Waals surface area (Å²) in [6.45, 7) is 1.23. The molecular formula is C19H24N4O4. The molecule has 1 heterocycles. The minimum absolute atomic E-state index is 0.125. The lowest BCUT2D eigenvalue weighted by Gasteiger charge is -2.12. The maximum absolute atomic E-state index is 12.6. The largest absolute Gasteiger partial charge is 0.497 e. The second-order valence-electron chi connectivity index (χ2n) is 6.01. The molecule has 0 bridgehead atoms. The van der Waals surface area contributed by atoms with Gasteiger partial charge in [0.2, 0.25) is 0 Å². The van der Waals surface area contributed by atoms with Gasteiger partial charge >= 0.3 is 0 Å². The number of benzene rings is 1. The molecule has 144 valence electrons. The van der Waals surface area contributed by atoms with Crippen molar-refractivity contribution in [3.8, 4) is 11.5 Å². The van der Waals surface area contributed by atoms with Gasteiger partial charge < -0.3 is 25.0 Å². The lowest BCUT2D eigenvalue weighted by Crippen LogP contribution is -2.31. The zero-order valence-corrected chi connectivity index (χ0v) is 15.9. The number of nitrogens with one attached hydrogen (secondary N) is 2. The Morgan fingerprint density at radius 2 is 1.85 bits per heavy atom. The van der Waals surface area contributed by atoms with Crippen LogP contribution < -0.4 is 20.1 Å². The predicted octanol–water partition coefficient (Wildman–Crippen LogP) is 1.64. The first-order valence-electron chi connectivity index (χ1n) is 8.37. The highest BCUT2D eigenvalue weighted by Crippen LogP contribution is 2.29. The number of ether oxygens (including phenoxy) is 2. The molecule has 0 unspecified atom stereocenters. The van der Waals surface area contributed by atoms with Gasteiger partial charge in [-0.2, -0.15) is 0 Å². The number of rotatable bonds is 8. The normalized spacial score (nSPS) is 10.4. The fourth-order valence-corrected chi connectivity index (χ4v) is 2.29. The Balaban J connectivity index is 2.12. The molecule has 0 radical (unpaired) electrons. The summed E-state index contributed by atoms with van der Waals surface area (Å²) in [4.78, 5) is 30.8. The molecule has 2 rings (SSSR count). The number of carbonyl (C=O) groups is 2. The monoisotopic (exact) mass is 372 g/mol. The quantitative estimate of drug-likeness (QED) is 0.732. The average Bonchev–Trinajstić information content (AvgIpc) is 2.67. The summed E-state index contributed by atoms with van der Waals surface area (Å²) < 4.78 is 10.4. The molecule has 0 aliphatic rings. The molecule has 2 N–H and O–H groups in total. The van der Waals surface area contributed by atoms with Gasteiger partial charge in [0.25, 0.3) is 11.8 Å². The number of carbonyl (C=O) groups excluding carboxylic acids is 2. The number of aromatic nitrogens is 1. The van der Waals surface area contributed by atoms with Gasteiger partial charge in [-0.25, -0.2) is 0 Å². The van der Waals surface area contributed by atoms with Crippen molar-refractivity contribution >= 4 is 17.5 Å². The van der Waals surface area contributed by atoms with E-state index >= 15 is 0 Å². The van der Waals surface area contributed by atoms with Crippen molar-refractivity contribution in [1.82, 2.24) is 15.2 Å². The Hall–Kier alpha value is -3.13. The van der Waals surface area contributed by atoms with Gasteiger partial charge in [0.1, 0.15) is 17.2 Å². The molecule has 0 atom stereocenters. The van der Waals surface area contributed by atoms with Crippen molar-refractivity contribution in [2.75, 3.05) is 46.7 Å². The van der Waals surface area contributed by atoms with Crippen LogP contribution in [0, 0.1) is 0 Å². The number of methoxy groups -OCH3 is 2. The second-order valence-corrected chi connectivity index (χ2v) is 6.01. The summed E-state index contributed by atoms with van der Waals surface area (Å²) in [6, 6.07) is 8.08. The van der Waals surface area contributed by atoms with Gasteiger partial charge in [0.05, 0.1) is 19.9 Å². The Bertz CT molecular complexity index is 808. The highest BCUT2D eigenvalue weighted by atomic mass is 16.5. The summed E-state index contributed by atoms with van der Waals surface area (Å²) in [6.07, 6.45) is 1.43. The van der Waals surface area contributed by atoms with Crippen LogP contribution in [0.4, 0.5) is 5.69 Å².